The molecular formula is C15H11ClN2OS2. The first-order valence-corrected chi connectivity index (χ1v) is 8.69. The smallest absolute Gasteiger partial charge is 0.269 e. The second-order valence-electron chi connectivity index (χ2n) is 4.20. The fourth-order valence-electron chi connectivity index (χ4n) is 1.74. The molecule has 0 aliphatic rings. The number of thiophene rings is 1. The summed E-state index contributed by atoms with van der Waals surface area (Å²) in [6.45, 7) is 0. The Morgan fingerprint density at radius 3 is 2.76 bits per heavy atom. The molecule has 6 heteroatoms. The largest absolute Gasteiger partial charge is 0.333 e. The monoisotopic (exact) mass is 334 g/mol. The van der Waals surface area contributed by atoms with E-state index in [1.54, 1.807) is 23.1 Å². The van der Waals surface area contributed by atoms with Crippen LogP contribution in [0.25, 0.3) is 22.5 Å². The predicted octanol–water partition coefficient (Wildman–Crippen LogP) is 5.26. The Hall–Kier alpha value is -1.56. The first kappa shape index (κ1) is 14.4. The summed E-state index contributed by atoms with van der Waals surface area (Å²) in [5.74, 6) is 0.877. The zero-order valence-corrected chi connectivity index (χ0v) is 13.5. The van der Waals surface area contributed by atoms with Crippen molar-refractivity contribution in [3.8, 4) is 11.4 Å². The maximum absolute atomic E-state index is 6.25. The minimum atomic E-state index is 0.326. The van der Waals surface area contributed by atoms with E-state index in [9.17, 15) is 0 Å². The lowest BCUT2D eigenvalue weighted by molar-refractivity contribution is 0.410. The van der Waals surface area contributed by atoms with Crippen molar-refractivity contribution in [3.63, 3.8) is 0 Å². The molecule has 3 aromatic rings. The van der Waals surface area contributed by atoms with Crippen molar-refractivity contribution in [1.82, 2.24) is 10.1 Å². The molecule has 0 amide bonds. The average molecular weight is 335 g/mol. The molecule has 1 aromatic carbocycles. The van der Waals surface area contributed by atoms with Gasteiger partial charge in [0.25, 0.3) is 5.89 Å². The van der Waals surface area contributed by atoms with Gasteiger partial charge in [-0.15, -0.1) is 11.8 Å². The Labute approximate surface area is 135 Å². The van der Waals surface area contributed by atoms with E-state index in [0.717, 1.165) is 11.1 Å². The molecule has 106 valence electrons. The molecule has 2 aromatic heterocycles. The Morgan fingerprint density at radius 1 is 1.29 bits per heavy atom. The first-order valence-electron chi connectivity index (χ1n) is 6.14. The second-order valence-corrected chi connectivity index (χ2v) is 6.27. The van der Waals surface area contributed by atoms with Gasteiger partial charge in [-0.1, -0.05) is 28.9 Å². The molecule has 3 rings (SSSR count). The highest BCUT2D eigenvalue weighted by molar-refractivity contribution is 7.98. The van der Waals surface area contributed by atoms with Gasteiger partial charge in [0.05, 0.1) is 0 Å². The Bertz CT molecular complexity index is 748. The van der Waals surface area contributed by atoms with Crippen LogP contribution in [0.3, 0.4) is 0 Å². The standard InChI is InChI=1S/C15H11ClN2OS2/c1-20-12-4-2-10(3-5-12)8-13(16)15-17-14(18-19-15)11-6-7-21-9-11/h2-9H,1H3/b13-8-. The minimum Gasteiger partial charge on any atom is -0.333 e. The van der Waals surface area contributed by atoms with Crippen molar-refractivity contribution in [3.05, 3.63) is 52.5 Å². The number of hydrogen-bond donors (Lipinski definition) is 0. The molecule has 0 atom stereocenters. The van der Waals surface area contributed by atoms with Crippen LogP contribution >= 0.6 is 34.7 Å². The van der Waals surface area contributed by atoms with E-state index in [0.29, 0.717) is 16.7 Å². The Kier molecular flexibility index (Phi) is 4.43. The van der Waals surface area contributed by atoms with Gasteiger partial charge in [0, 0.05) is 15.8 Å². The van der Waals surface area contributed by atoms with E-state index < -0.39 is 0 Å². The quantitative estimate of drug-likeness (QED) is 0.610. The summed E-state index contributed by atoms with van der Waals surface area (Å²) in [4.78, 5) is 5.52. The number of benzene rings is 1. The molecule has 0 fully saturated rings. The summed E-state index contributed by atoms with van der Waals surface area (Å²) in [7, 11) is 0. The van der Waals surface area contributed by atoms with Crippen LogP contribution in [-0.2, 0) is 0 Å². The van der Waals surface area contributed by atoms with Crippen LogP contribution in [0.5, 0.6) is 0 Å². The lowest BCUT2D eigenvalue weighted by Crippen LogP contribution is -1.80. The third-order valence-electron chi connectivity index (χ3n) is 2.82. The summed E-state index contributed by atoms with van der Waals surface area (Å²) in [6.07, 6.45) is 3.86. The summed E-state index contributed by atoms with van der Waals surface area (Å²) in [6, 6.07) is 10.0. The van der Waals surface area contributed by atoms with Gasteiger partial charge in [-0.3, -0.25) is 0 Å². The van der Waals surface area contributed by atoms with Crippen LogP contribution in [0.2, 0.25) is 0 Å². The van der Waals surface area contributed by atoms with E-state index in [2.05, 4.69) is 10.1 Å². The molecule has 3 nitrogen and oxygen atoms in total. The highest BCUT2D eigenvalue weighted by Gasteiger charge is 2.11. The van der Waals surface area contributed by atoms with E-state index in [1.807, 2.05) is 53.4 Å². The van der Waals surface area contributed by atoms with Gasteiger partial charge in [-0.05, 0) is 41.5 Å². The van der Waals surface area contributed by atoms with Crippen molar-refractivity contribution >= 4 is 45.8 Å². The highest BCUT2D eigenvalue weighted by atomic mass is 35.5. The Morgan fingerprint density at radius 2 is 2.10 bits per heavy atom. The second kappa shape index (κ2) is 6.47. The third-order valence-corrected chi connectivity index (χ3v) is 4.52. The van der Waals surface area contributed by atoms with Gasteiger partial charge in [0.1, 0.15) is 5.03 Å². The molecule has 21 heavy (non-hydrogen) atoms. The molecule has 2 heterocycles. The number of aromatic nitrogens is 2. The summed E-state index contributed by atoms with van der Waals surface area (Å²) >= 11 is 9.54. The fourth-order valence-corrected chi connectivity index (χ4v) is 2.98. The van der Waals surface area contributed by atoms with Gasteiger partial charge in [-0.25, -0.2) is 0 Å². The van der Waals surface area contributed by atoms with E-state index in [1.165, 1.54) is 4.90 Å². The molecule has 0 aliphatic heterocycles. The van der Waals surface area contributed by atoms with Crippen molar-refractivity contribution < 1.29 is 4.52 Å². The molecule has 0 saturated heterocycles. The van der Waals surface area contributed by atoms with Crippen LogP contribution in [0.4, 0.5) is 0 Å². The topological polar surface area (TPSA) is 38.9 Å². The van der Waals surface area contributed by atoms with E-state index >= 15 is 0 Å². The van der Waals surface area contributed by atoms with Gasteiger partial charge in [0.2, 0.25) is 5.82 Å². The lowest BCUT2D eigenvalue weighted by atomic mass is 10.2. The minimum absolute atomic E-state index is 0.326. The van der Waals surface area contributed by atoms with Crippen molar-refractivity contribution in [2.24, 2.45) is 0 Å². The maximum Gasteiger partial charge on any atom is 0.269 e. The molecule has 0 unspecified atom stereocenters. The number of thioether (sulfide) groups is 1. The van der Waals surface area contributed by atoms with Gasteiger partial charge < -0.3 is 4.52 Å². The summed E-state index contributed by atoms with van der Waals surface area (Å²) < 4.78 is 5.21. The van der Waals surface area contributed by atoms with Crippen LogP contribution in [0.1, 0.15) is 11.5 Å². The van der Waals surface area contributed by atoms with Gasteiger partial charge in [0.15, 0.2) is 0 Å². The molecule has 0 bridgehead atoms. The summed E-state index contributed by atoms with van der Waals surface area (Å²) in [5.41, 5.74) is 1.93. The zero-order valence-electron chi connectivity index (χ0n) is 11.1. The molecule has 0 spiro atoms. The van der Waals surface area contributed by atoms with Crippen LogP contribution in [-0.4, -0.2) is 16.4 Å². The van der Waals surface area contributed by atoms with Crippen molar-refractivity contribution in [2.75, 3.05) is 6.26 Å². The van der Waals surface area contributed by atoms with Crippen LogP contribution < -0.4 is 0 Å². The molecule has 0 aliphatic carbocycles. The lowest BCUT2D eigenvalue weighted by Gasteiger charge is -1.97. The first-order chi connectivity index (χ1) is 10.3. The SMILES string of the molecule is CSc1ccc(/C=C(\Cl)c2nc(-c3ccsc3)no2)cc1. The fraction of sp³-hybridized carbons (Fsp3) is 0.0667. The van der Waals surface area contributed by atoms with E-state index in [-0.39, 0.29) is 0 Å². The maximum atomic E-state index is 6.25. The molecule has 0 N–H and O–H groups in total. The van der Waals surface area contributed by atoms with Gasteiger partial charge in [-0.2, -0.15) is 16.3 Å². The number of hydrogen-bond acceptors (Lipinski definition) is 5. The van der Waals surface area contributed by atoms with Crippen LogP contribution in [0.15, 0.2) is 50.5 Å². The van der Waals surface area contributed by atoms with Crippen LogP contribution in [0, 0.1) is 0 Å². The predicted molar refractivity (Wildman–Crippen MR) is 89.6 cm³/mol. The molecule has 0 radical (unpaired) electrons. The summed E-state index contributed by atoms with van der Waals surface area (Å²) in [5, 5.41) is 8.31. The number of halogens is 1. The van der Waals surface area contributed by atoms with E-state index in [4.69, 9.17) is 16.1 Å². The number of rotatable bonds is 4. The normalized spacial score (nSPS) is 11.8. The number of nitrogens with zero attached hydrogens (tertiary/aromatic N) is 2. The van der Waals surface area contributed by atoms with Crippen molar-refractivity contribution in [1.29, 1.82) is 0 Å². The average Bonchev–Trinajstić information content (AvgIpc) is 3.19. The Balaban J connectivity index is 1.84. The highest BCUT2D eigenvalue weighted by Crippen LogP contribution is 2.25. The molecular weight excluding hydrogens is 324 g/mol. The molecule has 0 saturated carbocycles. The van der Waals surface area contributed by atoms with Gasteiger partial charge >= 0.3 is 0 Å². The zero-order chi connectivity index (χ0) is 14.7. The third kappa shape index (κ3) is 3.37. The van der Waals surface area contributed by atoms with Crippen molar-refractivity contribution in [2.45, 2.75) is 4.90 Å².